The molecular formula is C24H18F4N2O4. The SMILES string of the molecule is CC(C)(O)[C@@H](O)c1nc(-c2ccc(=O)n(-c3c(F)cccc3F)c2)c(-c2ccc(F)cc2F)o1. The van der Waals surface area contributed by atoms with Crippen molar-refractivity contribution in [1.82, 2.24) is 9.55 Å². The first kappa shape index (κ1) is 23.4. The molecule has 0 unspecified atom stereocenters. The summed E-state index contributed by atoms with van der Waals surface area (Å²) in [4.78, 5) is 16.6. The first-order valence-corrected chi connectivity index (χ1v) is 10.0. The number of hydrogen-bond donors (Lipinski definition) is 2. The molecule has 0 saturated heterocycles. The second-order valence-electron chi connectivity index (χ2n) is 8.11. The number of aliphatic hydroxyl groups excluding tert-OH is 1. The van der Waals surface area contributed by atoms with E-state index < -0.39 is 52.1 Å². The van der Waals surface area contributed by atoms with Gasteiger partial charge in [-0.25, -0.2) is 22.5 Å². The van der Waals surface area contributed by atoms with Gasteiger partial charge in [-0.05, 0) is 44.2 Å². The molecule has 0 saturated carbocycles. The van der Waals surface area contributed by atoms with Crippen LogP contribution in [0.4, 0.5) is 17.6 Å². The van der Waals surface area contributed by atoms with Gasteiger partial charge in [0, 0.05) is 23.9 Å². The Kier molecular flexibility index (Phi) is 5.88. The summed E-state index contributed by atoms with van der Waals surface area (Å²) in [5.41, 5.74) is -3.37. The van der Waals surface area contributed by atoms with Gasteiger partial charge < -0.3 is 14.6 Å². The minimum Gasteiger partial charge on any atom is -0.437 e. The van der Waals surface area contributed by atoms with Crippen LogP contribution in [-0.4, -0.2) is 25.4 Å². The lowest BCUT2D eigenvalue weighted by atomic mass is 10.0. The molecule has 0 spiro atoms. The van der Waals surface area contributed by atoms with Crippen LogP contribution >= 0.6 is 0 Å². The van der Waals surface area contributed by atoms with Gasteiger partial charge in [0.1, 0.15) is 34.7 Å². The summed E-state index contributed by atoms with van der Waals surface area (Å²) in [7, 11) is 0. The highest BCUT2D eigenvalue weighted by Crippen LogP contribution is 2.37. The van der Waals surface area contributed by atoms with Crippen molar-refractivity contribution in [2.75, 3.05) is 0 Å². The number of benzene rings is 2. The molecule has 2 aromatic heterocycles. The van der Waals surface area contributed by atoms with Crippen LogP contribution in [0, 0.1) is 23.3 Å². The molecule has 10 heteroatoms. The predicted octanol–water partition coefficient (Wildman–Crippen LogP) is 4.52. The zero-order valence-corrected chi connectivity index (χ0v) is 17.9. The molecule has 0 radical (unpaired) electrons. The normalized spacial score (nSPS) is 12.7. The van der Waals surface area contributed by atoms with Crippen molar-refractivity contribution in [1.29, 1.82) is 0 Å². The number of rotatable bonds is 5. The van der Waals surface area contributed by atoms with Crippen LogP contribution in [0.15, 0.2) is 63.9 Å². The molecule has 34 heavy (non-hydrogen) atoms. The van der Waals surface area contributed by atoms with Gasteiger partial charge in [-0.2, -0.15) is 0 Å². The molecule has 0 aliphatic rings. The number of hydrogen-bond acceptors (Lipinski definition) is 5. The molecule has 4 aromatic rings. The highest BCUT2D eigenvalue weighted by Gasteiger charge is 2.33. The highest BCUT2D eigenvalue weighted by molar-refractivity contribution is 5.77. The van der Waals surface area contributed by atoms with Gasteiger partial charge >= 0.3 is 0 Å². The van der Waals surface area contributed by atoms with Gasteiger partial charge in [-0.1, -0.05) is 6.07 Å². The van der Waals surface area contributed by atoms with Gasteiger partial charge in [-0.15, -0.1) is 0 Å². The van der Waals surface area contributed by atoms with E-state index in [1.807, 2.05) is 0 Å². The number of pyridine rings is 1. The largest absolute Gasteiger partial charge is 0.437 e. The fraction of sp³-hybridized carbons (Fsp3) is 0.167. The molecule has 0 bridgehead atoms. The van der Waals surface area contributed by atoms with Gasteiger partial charge in [0.05, 0.1) is 11.2 Å². The van der Waals surface area contributed by atoms with Crippen LogP contribution in [0.3, 0.4) is 0 Å². The van der Waals surface area contributed by atoms with E-state index in [0.717, 1.165) is 42.6 Å². The third-order valence-corrected chi connectivity index (χ3v) is 5.09. The van der Waals surface area contributed by atoms with Crippen LogP contribution in [-0.2, 0) is 0 Å². The number of halogens is 4. The van der Waals surface area contributed by atoms with E-state index in [2.05, 4.69) is 4.98 Å². The molecule has 176 valence electrons. The van der Waals surface area contributed by atoms with Crippen LogP contribution < -0.4 is 5.56 Å². The maximum absolute atomic E-state index is 14.6. The third kappa shape index (κ3) is 4.25. The van der Waals surface area contributed by atoms with Gasteiger partial charge in [0.15, 0.2) is 11.9 Å². The Hall–Kier alpha value is -3.76. The summed E-state index contributed by atoms with van der Waals surface area (Å²) >= 11 is 0. The Bertz CT molecular complexity index is 1420. The fourth-order valence-corrected chi connectivity index (χ4v) is 3.33. The van der Waals surface area contributed by atoms with Crippen molar-refractivity contribution in [3.63, 3.8) is 0 Å². The standard InChI is InChI=1S/C24H18F4N2O4/c1-24(2,33)22(32)23-29-19(21(34-23)14-8-7-13(25)10-17(14)28)12-6-9-18(31)30(11-12)20-15(26)4-3-5-16(20)27/h3-11,22,32-33H,1-2H3/t22-/m0/s1. The van der Waals surface area contributed by atoms with Crippen molar-refractivity contribution in [3.8, 4) is 28.3 Å². The Balaban J connectivity index is 1.97. The lowest BCUT2D eigenvalue weighted by molar-refractivity contribution is -0.0617. The van der Waals surface area contributed by atoms with E-state index in [4.69, 9.17) is 4.42 Å². The Labute approximate surface area is 190 Å². The Morgan fingerprint density at radius 3 is 2.29 bits per heavy atom. The van der Waals surface area contributed by atoms with Crippen molar-refractivity contribution in [2.45, 2.75) is 25.6 Å². The summed E-state index contributed by atoms with van der Waals surface area (Å²) in [5.74, 6) is -4.49. The number of nitrogens with zero attached hydrogens (tertiary/aromatic N) is 2. The van der Waals surface area contributed by atoms with E-state index in [9.17, 15) is 32.6 Å². The quantitative estimate of drug-likeness (QED) is 0.416. The molecular weight excluding hydrogens is 456 g/mol. The first-order valence-electron chi connectivity index (χ1n) is 10.0. The summed E-state index contributed by atoms with van der Waals surface area (Å²) in [5, 5.41) is 20.6. The van der Waals surface area contributed by atoms with Crippen molar-refractivity contribution >= 4 is 0 Å². The molecule has 0 aliphatic heterocycles. The number of para-hydroxylation sites is 1. The first-order chi connectivity index (χ1) is 16.0. The molecule has 2 heterocycles. The van der Waals surface area contributed by atoms with Crippen LogP contribution in [0.2, 0.25) is 0 Å². The average molecular weight is 474 g/mol. The molecule has 2 aromatic carbocycles. The van der Waals surface area contributed by atoms with Gasteiger partial charge in [0.2, 0.25) is 5.89 Å². The monoisotopic (exact) mass is 474 g/mol. The molecule has 0 fully saturated rings. The highest BCUT2D eigenvalue weighted by atomic mass is 19.1. The van der Waals surface area contributed by atoms with Crippen molar-refractivity contribution in [2.24, 2.45) is 0 Å². The lowest BCUT2D eigenvalue weighted by Gasteiger charge is -2.21. The van der Waals surface area contributed by atoms with Crippen molar-refractivity contribution < 1.29 is 32.2 Å². The van der Waals surface area contributed by atoms with Crippen LogP contribution in [0.5, 0.6) is 0 Å². The second-order valence-corrected chi connectivity index (χ2v) is 8.11. The third-order valence-electron chi connectivity index (χ3n) is 5.09. The van der Waals surface area contributed by atoms with Gasteiger partial charge in [-0.3, -0.25) is 9.36 Å². The van der Waals surface area contributed by atoms with E-state index in [-0.39, 0.29) is 22.6 Å². The molecule has 0 amide bonds. The molecule has 4 rings (SSSR count). The number of aromatic nitrogens is 2. The zero-order valence-electron chi connectivity index (χ0n) is 17.9. The summed E-state index contributed by atoms with van der Waals surface area (Å²) in [6.07, 6.45) is -0.564. The smallest absolute Gasteiger partial charge is 0.255 e. The summed E-state index contributed by atoms with van der Waals surface area (Å²) in [6.45, 7) is 2.58. The maximum Gasteiger partial charge on any atom is 0.255 e. The minimum atomic E-state index is -1.70. The number of oxazole rings is 1. The van der Waals surface area contributed by atoms with E-state index in [1.165, 1.54) is 19.9 Å². The molecule has 1 atom stereocenters. The molecule has 6 nitrogen and oxygen atoms in total. The maximum atomic E-state index is 14.6. The zero-order chi connectivity index (χ0) is 24.8. The Morgan fingerprint density at radius 2 is 1.68 bits per heavy atom. The lowest BCUT2D eigenvalue weighted by Crippen LogP contribution is -2.28. The van der Waals surface area contributed by atoms with E-state index in [0.29, 0.717) is 10.6 Å². The second kappa shape index (κ2) is 8.54. The van der Waals surface area contributed by atoms with Crippen molar-refractivity contribution in [3.05, 3.63) is 94.2 Å². The molecule has 0 aliphatic carbocycles. The average Bonchev–Trinajstić information content (AvgIpc) is 3.18. The van der Waals surface area contributed by atoms with E-state index in [1.54, 1.807) is 0 Å². The predicted molar refractivity (Wildman–Crippen MR) is 114 cm³/mol. The fourth-order valence-electron chi connectivity index (χ4n) is 3.33. The van der Waals surface area contributed by atoms with E-state index >= 15 is 0 Å². The topological polar surface area (TPSA) is 88.5 Å². The number of aliphatic hydroxyl groups is 2. The summed E-state index contributed by atoms with van der Waals surface area (Å²) in [6, 6.07) is 8.06. The molecule has 2 N–H and O–H groups in total. The van der Waals surface area contributed by atoms with Crippen LogP contribution in [0.1, 0.15) is 25.8 Å². The van der Waals surface area contributed by atoms with Gasteiger partial charge in [0.25, 0.3) is 5.56 Å². The Morgan fingerprint density at radius 1 is 1.00 bits per heavy atom. The summed E-state index contributed by atoms with van der Waals surface area (Å²) < 4.78 is 63.0. The minimum absolute atomic E-state index is 0.0684. The van der Waals surface area contributed by atoms with Crippen LogP contribution in [0.25, 0.3) is 28.3 Å².